The summed E-state index contributed by atoms with van der Waals surface area (Å²) in [5.74, 6) is -0.731. The van der Waals surface area contributed by atoms with Crippen LogP contribution in [0.25, 0.3) is 11.1 Å². The maximum absolute atomic E-state index is 13.2. The summed E-state index contributed by atoms with van der Waals surface area (Å²) in [4.78, 5) is 31.7. The number of aromatic nitrogens is 1. The van der Waals surface area contributed by atoms with Crippen LogP contribution in [0.2, 0.25) is 0 Å². The van der Waals surface area contributed by atoms with Crippen molar-refractivity contribution in [2.24, 2.45) is 0 Å². The smallest absolute Gasteiger partial charge is 0.254 e. The lowest BCUT2D eigenvalue weighted by atomic mass is 9.89. The molecule has 2 amide bonds. The van der Waals surface area contributed by atoms with E-state index in [4.69, 9.17) is 4.74 Å². The fourth-order valence-electron chi connectivity index (χ4n) is 4.17. The van der Waals surface area contributed by atoms with E-state index < -0.39 is 5.60 Å². The van der Waals surface area contributed by atoms with Crippen molar-refractivity contribution in [1.29, 1.82) is 0 Å². The Hall–Kier alpha value is -3.58. The first kappa shape index (κ1) is 22.6. The number of benzene rings is 2. The molecule has 0 bridgehead atoms. The molecule has 0 radical (unpaired) electrons. The molecule has 1 aromatic heterocycles. The Balaban J connectivity index is 1.55. The Bertz CT molecular complexity index is 1120. The molecular weight excluding hydrogens is 421 g/mol. The first-order valence-electron chi connectivity index (χ1n) is 10.9. The van der Waals surface area contributed by atoms with Crippen LogP contribution in [0.15, 0.2) is 73.1 Å². The van der Waals surface area contributed by atoms with Gasteiger partial charge in [0.25, 0.3) is 5.91 Å². The molecule has 2 heterocycles. The Morgan fingerprint density at radius 3 is 2.55 bits per heavy atom. The van der Waals surface area contributed by atoms with Gasteiger partial charge in [0.15, 0.2) is 5.60 Å². The Labute approximate surface area is 192 Å². The van der Waals surface area contributed by atoms with Crippen LogP contribution in [-0.2, 0) is 27.2 Å². The summed E-state index contributed by atoms with van der Waals surface area (Å²) >= 11 is 0. The summed E-state index contributed by atoms with van der Waals surface area (Å²) < 4.78 is 19.2. The molecule has 0 aliphatic carbocycles. The number of carbonyl (C=O) groups excluding carboxylic acids is 2. The normalized spacial score (nSPS) is 18.1. The van der Waals surface area contributed by atoms with Gasteiger partial charge in [0, 0.05) is 32.4 Å². The van der Waals surface area contributed by atoms with Crippen LogP contribution in [0.3, 0.4) is 0 Å². The highest BCUT2D eigenvalue weighted by Crippen LogP contribution is 2.27. The number of rotatable bonds is 6. The summed E-state index contributed by atoms with van der Waals surface area (Å²) in [7, 11) is 1.57. The lowest BCUT2D eigenvalue weighted by molar-refractivity contribution is -0.165. The molecule has 7 heteroatoms. The standard InChI is InChI=1S/C26H26FN3O3/c1-28-25(32)26(17-20-3-2-4-22(15-20)21-9-11-29-12-10-21)18-30(13-14-33-26)24(31)16-19-5-7-23(27)8-6-19/h2-12,15H,13-14,16-18H2,1H3,(H,28,32)/t26-/m0/s1. The summed E-state index contributed by atoms with van der Waals surface area (Å²) in [5, 5.41) is 2.71. The molecule has 4 rings (SSSR count). The fourth-order valence-corrected chi connectivity index (χ4v) is 4.17. The monoisotopic (exact) mass is 447 g/mol. The van der Waals surface area contributed by atoms with Gasteiger partial charge >= 0.3 is 0 Å². The van der Waals surface area contributed by atoms with E-state index in [1.165, 1.54) is 12.1 Å². The van der Waals surface area contributed by atoms with Gasteiger partial charge in [-0.25, -0.2) is 4.39 Å². The topological polar surface area (TPSA) is 71.5 Å². The Morgan fingerprint density at radius 1 is 1.06 bits per heavy atom. The fraction of sp³-hybridized carbons (Fsp3) is 0.269. The molecule has 1 fully saturated rings. The van der Waals surface area contributed by atoms with Gasteiger partial charge in [-0.15, -0.1) is 0 Å². The van der Waals surface area contributed by atoms with Crippen molar-refractivity contribution in [1.82, 2.24) is 15.2 Å². The van der Waals surface area contributed by atoms with E-state index in [-0.39, 0.29) is 37.2 Å². The van der Waals surface area contributed by atoms with Gasteiger partial charge in [-0.2, -0.15) is 0 Å². The maximum atomic E-state index is 13.2. The van der Waals surface area contributed by atoms with E-state index in [2.05, 4.69) is 10.3 Å². The largest absolute Gasteiger partial charge is 0.361 e. The second kappa shape index (κ2) is 9.92. The van der Waals surface area contributed by atoms with Gasteiger partial charge in [0.05, 0.1) is 19.6 Å². The molecule has 0 saturated carbocycles. The van der Waals surface area contributed by atoms with Crippen LogP contribution < -0.4 is 5.32 Å². The van der Waals surface area contributed by atoms with Crippen LogP contribution >= 0.6 is 0 Å². The number of morpholine rings is 1. The Morgan fingerprint density at radius 2 is 1.82 bits per heavy atom. The summed E-state index contributed by atoms with van der Waals surface area (Å²) in [5.41, 5.74) is 2.51. The molecule has 1 aliphatic heterocycles. The molecule has 1 aliphatic rings. The van der Waals surface area contributed by atoms with Crippen LogP contribution in [0.4, 0.5) is 4.39 Å². The average molecular weight is 448 g/mol. The minimum atomic E-state index is -1.19. The number of carbonyl (C=O) groups is 2. The lowest BCUT2D eigenvalue weighted by Crippen LogP contribution is -2.61. The molecule has 170 valence electrons. The van der Waals surface area contributed by atoms with Crippen molar-refractivity contribution in [3.8, 4) is 11.1 Å². The van der Waals surface area contributed by atoms with E-state index in [9.17, 15) is 14.0 Å². The highest BCUT2D eigenvalue weighted by Gasteiger charge is 2.44. The molecule has 0 unspecified atom stereocenters. The van der Waals surface area contributed by atoms with Crippen molar-refractivity contribution in [2.75, 3.05) is 26.7 Å². The number of ether oxygens (including phenoxy) is 1. The quantitative estimate of drug-likeness (QED) is 0.631. The highest BCUT2D eigenvalue weighted by molar-refractivity contribution is 5.87. The van der Waals surface area contributed by atoms with Crippen molar-refractivity contribution < 1.29 is 18.7 Å². The molecule has 1 saturated heterocycles. The van der Waals surface area contributed by atoms with E-state index in [1.807, 2.05) is 36.4 Å². The molecule has 1 N–H and O–H groups in total. The molecule has 33 heavy (non-hydrogen) atoms. The number of hydrogen-bond donors (Lipinski definition) is 1. The van der Waals surface area contributed by atoms with E-state index in [0.717, 1.165) is 22.3 Å². The van der Waals surface area contributed by atoms with Crippen LogP contribution in [0.1, 0.15) is 11.1 Å². The first-order valence-corrected chi connectivity index (χ1v) is 10.9. The lowest BCUT2D eigenvalue weighted by Gasteiger charge is -2.41. The minimum Gasteiger partial charge on any atom is -0.361 e. The van der Waals surface area contributed by atoms with Crippen LogP contribution in [0, 0.1) is 5.82 Å². The van der Waals surface area contributed by atoms with Gasteiger partial charge < -0.3 is 15.0 Å². The van der Waals surface area contributed by atoms with E-state index >= 15 is 0 Å². The van der Waals surface area contributed by atoms with Gasteiger partial charge in [-0.1, -0.05) is 36.4 Å². The second-order valence-corrected chi connectivity index (χ2v) is 8.15. The second-order valence-electron chi connectivity index (χ2n) is 8.15. The zero-order valence-electron chi connectivity index (χ0n) is 18.5. The zero-order valence-corrected chi connectivity index (χ0v) is 18.5. The number of pyridine rings is 1. The summed E-state index contributed by atoms with van der Waals surface area (Å²) in [6, 6.07) is 17.7. The number of amides is 2. The minimum absolute atomic E-state index is 0.122. The highest BCUT2D eigenvalue weighted by atomic mass is 19.1. The Kier molecular flexibility index (Phi) is 6.79. The summed E-state index contributed by atoms with van der Waals surface area (Å²) in [6.07, 6.45) is 3.94. The molecule has 3 aromatic rings. The third kappa shape index (κ3) is 5.26. The number of likely N-dealkylation sites (N-methyl/N-ethyl adjacent to an activating group) is 1. The predicted octanol–water partition coefficient (Wildman–Crippen LogP) is 3.02. The SMILES string of the molecule is CNC(=O)[C@]1(Cc2cccc(-c3ccncc3)c2)CN(C(=O)Cc2ccc(F)cc2)CCO1. The van der Waals surface area contributed by atoms with E-state index in [0.29, 0.717) is 13.0 Å². The van der Waals surface area contributed by atoms with Crippen molar-refractivity contribution in [3.63, 3.8) is 0 Å². The van der Waals surface area contributed by atoms with E-state index in [1.54, 1.807) is 36.5 Å². The average Bonchev–Trinajstić information content (AvgIpc) is 2.85. The number of nitrogens with one attached hydrogen (secondary N) is 1. The van der Waals surface area contributed by atoms with Crippen LogP contribution in [0.5, 0.6) is 0 Å². The predicted molar refractivity (Wildman–Crippen MR) is 123 cm³/mol. The number of hydrogen-bond acceptors (Lipinski definition) is 4. The maximum Gasteiger partial charge on any atom is 0.254 e. The van der Waals surface area contributed by atoms with Crippen molar-refractivity contribution in [3.05, 3.63) is 90.0 Å². The zero-order chi connectivity index (χ0) is 23.3. The molecule has 2 aromatic carbocycles. The van der Waals surface area contributed by atoms with Gasteiger partial charge in [0.2, 0.25) is 5.91 Å². The first-order chi connectivity index (χ1) is 16.0. The van der Waals surface area contributed by atoms with Crippen molar-refractivity contribution >= 4 is 11.8 Å². The molecular formula is C26H26FN3O3. The van der Waals surface area contributed by atoms with Crippen molar-refractivity contribution in [2.45, 2.75) is 18.4 Å². The third-order valence-electron chi connectivity index (χ3n) is 5.88. The summed E-state index contributed by atoms with van der Waals surface area (Å²) in [6.45, 7) is 0.800. The molecule has 0 spiro atoms. The number of halogens is 1. The third-order valence-corrected chi connectivity index (χ3v) is 5.88. The van der Waals surface area contributed by atoms with Gasteiger partial charge in [-0.05, 0) is 46.5 Å². The molecule has 6 nitrogen and oxygen atoms in total. The molecule has 1 atom stereocenters. The van der Waals surface area contributed by atoms with Gasteiger partial charge in [0.1, 0.15) is 5.82 Å². The number of nitrogens with zero attached hydrogens (tertiary/aromatic N) is 2. The van der Waals surface area contributed by atoms with Crippen LogP contribution in [-0.4, -0.2) is 54.0 Å². The van der Waals surface area contributed by atoms with Gasteiger partial charge in [-0.3, -0.25) is 14.6 Å².